The number of esters is 1. The summed E-state index contributed by atoms with van der Waals surface area (Å²) in [5.41, 5.74) is 5.06. The number of amides is 1. The molecule has 4 aromatic carbocycles. The first-order valence-corrected chi connectivity index (χ1v) is 14.6. The predicted octanol–water partition coefficient (Wildman–Crippen LogP) is 5.47. The van der Waals surface area contributed by atoms with E-state index in [-0.39, 0.29) is 36.2 Å². The van der Waals surface area contributed by atoms with E-state index in [1.807, 2.05) is 36.4 Å². The molecule has 41 heavy (non-hydrogen) atoms. The Morgan fingerprint density at radius 3 is 1.98 bits per heavy atom. The van der Waals surface area contributed by atoms with Crippen LogP contribution in [0.15, 0.2) is 108 Å². The standard InChI is InChI=1S/C32H29NO7S/c1-2-38-31(34)30(20-22-16-18-23(19-17-22)40-41(36,37)24-10-4-3-5-11-24)33-32(35)39-21-29-27-14-8-6-12-25(27)26-13-7-9-15-28(26)29/h3-19,29-30H,2,20-21H2,1H3,(H,33,35)/t30-/m0/s1. The smallest absolute Gasteiger partial charge is 0.407 e. The summed E-state index contributed by atoms with van der Waals surface area (Å²) in [7, 11) is -3.98. The van der Waals surface area contributed by atoms with Crippen LogP contribution in [0, 0.1) is 0 Å². The molecule has 0 aromatic heterocycles. The van der Waals surface area contributed by atoms with Crippen molar-refractivity contribution in [2.24, 2.45) is 0 Å². The Balaban J connectivity index is 1.23. The van der Waals surface area contributed by atoms with Crippen molar-refractivity contribution in [3.05, 3.63) is 120 Å². The molecule has 1 aliphatic carbocycles. The molecule has 1 aliphatic rings. The van der Waals surface area contributed by atoms with Gasteiger partial charge in [0.15, 0.2) is 0 Å². The normalized spacial score (nSPS) is 13.0. The fourth-order valence-electron chi connectivity index (χ4n) is 4.90. The van der Waals surface area contributed by atoms with Crippen LogP contribution in [-0.2, 0) is 30.8 Å². The zero-order valence-electron chi connectivity index (χ0n) is 22.4. The number of hydrogen-bond donors (Lipinski definition) is 1. The third kappa shape index (κ3) is 6.41. The second-order valence-electron chi connectivity index (χ2n) is 9.47. The molecule has 0 spiro atoms. The van der Waals surface area contributed by atoms with Crippen LogP contribution in [0.2, 0.25) is 0 Å². The molecule has 8 nitrogen and oxygen atoms in total. The Morgan fingerprint density at radius 2 is 1.37 bits per heavy atom. The van der Waals surface area contributed by atoms with Crippen LogP contribution in [0.25, 0.3) is 11.1 Å². The summed E-state index contributed by atoms with van der Waals surface area (Å²) in [6.45, 7) is 1.94. The maximum atomic E-state index is 12.9. The molecule has 1 atom stereocenters. The molecule has 0 saturated heterocycles. The largest absolute Gasteiger partial charge is 0.464 e. The zero-order valence-corrected chi connectivity index (χ0v) is 23.2. The van der Waals surface area contributed by atoms with Gasteiger partial charge in [-0.15, -0.1) is 0 Å². The topological polar surface area (TPSA) is 108 Å². The molecule has 1 N–H and O–H groups in total. The van der Waals surface area contributed by atoms with Crippen LogP contribution in [0.4, 0.5) is 4.79 Å². The van der Waals surface area contributed by atoms with Crippen LogP contribution >= 0.6 is 0 Å². The highest BCUT2D eigenvalue weighted by Crippen LogP contribution is 2.44. The van der Waals surface area contributed by atoms with Crippen LogP contribution < -0.4 is 9.50 Å². The Morgan fingerprint density at radius 1 is 0.780 bits per heavy atom. The van der Waals surface area contributed by atoms with Gasteiger partial charge >= 0.3 is 22.2 Å². The van der Waals surface area contributed by atoms with E-state index in [1.165, 1.54) is 24.3 Å². The minimum Gasteiger partial charge on any atom is -0.464 e. The molecular formula is C32H29NO7S. The fourth-order valence-corrected chi connectivity index (χ4v) is 5.85. The first kappa shape index (κ1) is 27.9. The van der Waals surface area contributed by atoms with Crippen molar-refractivity contribution in [2.75, 3.05) is 13.2 Å². The zero-order chi connectivity index (χ0) is 28.8. The summed E-state index contributed by atoms with van der Waals surface area (Å²) in [5.74, 6) is -0.600. The number of benzene rings is 4. The van der Waals surface area contributed by atoms with E-state index < -0.39 is 28.2 Å². The van der Waals surface area contributed by atoms with E-state index >= 15 is 0 Å². The minimum atomic E-state index is -3.98. The quantitative estimate of drug-likeness (QED) is 0.199. The van der Waals surface area contributed by atoms with Gasteiger partial charge in [0.05, 0.1) is 6.61 Å². The summed E-state index contributed by atoms with van der Waals surface area (Å²) in [5, 5.41) is 2.63. The first-order chi connectivity index (χ1) is 19.9. The summed E-state index contributed by atoms with van der Waals surface area (Å²) in [4.78, 5) is 25.6. The Hall–Kier alpha value is -4.63. The van der Waals surface area contributed by atoms with Crippen molar-refractivity contribution in [1.82, 2.24) is 5.32 Å². The maximum Gasteiger partial charge on any atom is 0.407 e. The highest BCUT2D eigenvalue weighted by molar-refractivity contribution is 7.87. The molecule has 5 rings (SSSR count). The summed E-state index contributed by atoms with van der Waals surface area (Å²) >= 11 is 0. The molecular weight excluding hydrogens is 542 g/mol. The van der Waals surface area contributed by atoms with Gasteiger partial charge < -0.3 is 19.0 Å². The molecule has 4 aromatic rings. The van der Waals surface area contributed by atoms with Gasteiger partial charge in [-0.3, -0.25) is 0 Å². The van der Waals surface area contributed by atoms with Crippen LogP contribution in [0.5, 0.6) is 5.75 Å². The van der Waals surface area contributed by atoms with Gasteiger partial charge in [-0.1, -0.05) is 78.9 Å². The number of rotatable bonds is 10. The maximum absolute atomic E-state index is 12.9. The molecule has 0 radical (unpaired) electrons. The van der Waals surface area contributed by atoms with Gasteiger partial charge in [-0.2, -0.15) is 8.42 Å². The van der Waals surface area contributed by atoms with Crippen molar-refractivity contribution in [2.45, 2.75) is 30.2 Å². The minimum absolute atomic E-state index is 0.0405. The summed E-state index contributed by atoms with van der Waals surface area (Å²) < 4.78 is 41.0. The second kappa shape index (κ2) is 12.3. The SMILES string of the molecule is CCOC(=O)[C@H](Cc1ccc(OS(=O)(=O)c2ccccc2)cc1)NC(=O)OCC1c2ccccc2-c2ccccc21. The van der Waals surface area contributed by atoms with E-state index in [4.69, 9.17) is 13.7 Å². The average molecular weight is 572 g/mol. The van der Waals surface area contributed by atoms with Gasteiger partial charge in [-0.25, -0.2) is 9.59 Å². The lowest BCUT2D eigenvalue weighted by Crippen LogP contribution is -2.44. The molecule has 210 valence electrons. The summed E-state index contributed by atoms with van der Waals surface area (Å²) in [6.07, 6.45) is -0.631. The van der Waals surface area contributed by atoms with Gasteiger partial charge in [0.1, 0.15) is 23.3 Å². The van der Waals surface area contributed by atoms with E-state index in [0.29, 0.717) is 5.56 Å². The summed E-state index contributed by atoms with van der Waals surface area (Å²) in [6, 6.07) is 29.1. The van der Waals surface area contributed by atoms with E-state index in [1.54, 1.807) is 37.3 Å². The lowest BCUT2D eigenvalue weighted by molar-refractivity contribution is -0.145. The highest BCUT2D eigenvalue weighted by Gasteiger charge is 2.30. The molecule has 0 fully saturated rings. The van der Waals surface area contributed by atoms with E-state index in [9.17, 15) is 18.0 Å². The van der Waals surface area contributed by atoms with Gasteiger partial charge in [0, 0.05) is 12.3 Å². The monoisotopic (exact) mass is 571 g/mol. The van der Waals surface area contributed by atoms with Crippen molar-refractivity contribution < 1.29 is 31.7 Å². The molecule has 0 saturated carbocycles. The average Bonchev–Trinajstić information content (AvgIpc) is 3.31. The van der Waals surface area contributed by atoms with Gasteiger partial charge in [0.25, 0.3) is 0 Å². The van der Waals surface area contributed by atoms with E-state index in [0.717, 1.165) is 22.3 Å². The number of carbonyl (C=O) groups is 2. The Bertz CT molecular complexity index is 1590. The third-order valence-electron chi connectivity index (χ3n) is 6.81. The number of carbonyl (C=O) groups excluding carboxylic acids is 2. The van der Waals surface area contributed by atoms with Crippen LogP contribution in [0.1, 0.15) is 29.5 Å². The predicted molar refractivity (Wildman–Crippen MR) is 153 cm³/mol. The van der Waals surface area contributed by atoms with Crippen molar-refractivity contribution in [1.29, 1.82) is 0 Å². The molecule has 0 heterocycles. The van der Waals surface area contributed by atoms with E-state index in [2.05, 4.69) is 17.4 Å². The van der Waals surface area contributed by atoms with Gasteiger partial charge in [0.2, 0.25) is 0 Å². The lowest BCUT2D eigenvalue weighted by Gasteiger charge is -2.19. The number of fused-ring (bicyclic) bond motifs is 3. The van der Waals surface area contributed by atoms with Crippen LogP contribution in [-0.4, -0.2) is 39.7 Å². The molecule has 0 aliphatic heterocycles. The van der Waals surface area contributed by atoms with Crippen molar-refractivity contribution in [3.8, 4) is 16.9 Å². The van der Waals surface area contributed by atoms with Crippen molar-refractivity contribution >= 4 is 22.2 Å². The number of nitrogens with one attached hydrogen (secondary N) is 1. The fraction of sp³-hybridized carbons (Fsp3) is 0.188. The number of hydrogen-bond acceptors (Lipinski definition) is 7. The van der Waals surface area contributed by atoms with Crippen molar-refractivity contribution in [3.63, 3.8) is 0 Å². The Kier molecular flexibility index (Phi) is 8.35. The number of alkyl carbamates (subject to hydrolysis) is 1. The molecule has 0 bridgehead atoms. The second-order valence-corrected chi connectivity index (χ2v) is 11.0. The molecule has 0 unspecified atom stereocenters. The third-order valence-corrected chi connectivity index (χ3v) is 8.07. The molecule has 1 amide bonds. The van der Waals surface area contributed by atoms with Crippen LogP contribution in [0.3, 0.4) is 0 Å². The van der Waals surface area contributed by atoms with Gasteiger partial charge in [-0.05, 0) is 59.0 Å². The molecule has 9 heteroatoms. The first-order valence-electron chi connectivity index (χ1n) is 13.2. The number of ether oxygens (including phenoxy) is 2. The highest BCUT2D eigenvalue weighted by atomic mass is 32.2. The lowest BCUT2D eigenvalue weighted by atomic mass is 9.98. The Labute approximate surface area is 239 Å².